The fraction of sp³-hybridized carbons (Fsp3) is 0.118. The molecule has 0 amide bonds. The van der Waals surface area contributed by atoms with Crippen LogP contribution in [-0.4, -0.2) is 24.1 Å². The maximum absolute atomic E-state index is 5.31. The van der Waals surface area contributed by atoms with Crippen molar-refractivity contribution >= 4 is 28.6 Å². The second kappa shape index (κ2) is 6.35. The van der Waals surface area contributed by atoms with Gasteiger partial charge in [0.25, 0.3) is 0 Å². The van der Waals surface area contributed by atoms with Crippen molar-refractivity contribution in [2.75, 3.05) is 19.4 Å². The molecule has 0 saturated carbocycles. The molecule has 1 N–H and O–H groups in total. The predicted octanol–water partition coefficient (Wildman–Crippen LogP) is 4.01. The third-order valence-electron chi connectivity index (χ3n) is 3.02. The number of rotatable bonds is 3. The van der Waals surface area contributed by atoms with Crippen LogP contribution in [0.3, 0.4) is 0 Å². The third-order valence-corrected chi connectivity index (χ3v) is 3.49. The van der Waals surface area contributed by atoms with Gasteiger partial charge in [-0.15, -0.1) is 0 Å². The Morgan fingerprint density at radius 1 is 1.00 bits per heavy atom. The van der Waals surface area contributed by atoms with Crippen molar-refractivity contribution in [2.24, 2.45) is 0 Å². The monoisotopic (exact) mass is 282 g/mol. The van der Waals surface area contributed by atoms with Gasteiger partial charge in [0.15, 0.2) is 5.11 Å². The highest BCUT2D eigenvalue weighted by atomic mass is 32.1. The lowest BCUT2D eigenvalue weighted by molar-refractivity contribution is 0.634. The molecule has 20 heavy (non-hydrogen) atoms. The quantitative estimate of drug-likeness (QED) is 0.856. The number of hydrogen-bond donors (Lipinski definition) is 1. The van der Waals surface area contributed by atoms with Crippen LogP contribution in [0.15, 0.2) is 61.2 Å². The topological polar surface area (TPSA) is 15.3 Å². The average molecular weight is 282 g/mol. The molecule has 0 aliphatic heterocycles. The molecule has 2 aromatic carbocycles. The summed E-state index contributed by atoms with van der Waals surface area (Å²) in [5, 5.41) is 3.94. The van der Waals surface area contributed by atoms with Crippen LogP contribution < -0.4 is 5.32 Å². The first-order chi connectivity index (χ1) is 9.59. The highest BCUT2D eigenvalue weighted by Crippen LogP contribution is 2.28. The summed E-state index contributed by atoms with van der Waals surface area (Å²) in [5.74, 6) is 0. The number of anilines is 1. The van der Waals surface area contributed by atoms with E-state index in [1.54, 1.807) is 0 Å². The van der Waals surface area contributed by atoms with Crippen LogP contribution in [0.2, 0.25) is 0 Å². The van der Waals surface area contributed by atoms with Gasteiger partial charge >= 0.3 is 0 Å². The van der Waals surface area contributed by atoms with E-state index in [-0.39, 0.29) is 0 Å². The van der Waals surface area contributed by atoms with E-state index in [2.05, 4.69) is 30.1 Å². The molecule has 2 aromatic rings. The zero-order valence-corrected chi connectivity index (χ0v) is 12.6. The van der Waals surface area contributed by atoms with Crippen molar-refractivity contribution in [1.82, 2.24) is 4.90 Å². The number of hydrogen-bond acceptors (Lipinski definition) is 1. The minimum absolute atomic E-state index is 0.679. The van der Waals surface area contributed by atoms with E-state index in [4.69, 9.17) is 12.2 Å². The summed E-state index contributed by atoms with van der Waals surface area (Å²) in [7, 11) is 3.84. The molecule has 2 nitrogen and oxygen atoms in total. The summed E-state index contributed by atoms with van der Waals surface area (Å²) in [5.41, 5.74) is 4.12. The van der Waals surface area contributed by atoms with Crippen molar-refractivity contribution in [3.05, 3.63) is 72.3 Å². The minimum atomic E-state index is 0.679. The maximum Gasteiger partial charge on any atom is 0.172 e. The zero-order valence-electron chi connectivity index (χ0n) is 11.8. The van der Waals surface area contributed by atoms with Gasteiger partial charge in [-0.25, -0.2) is 0 Å². The second-order valence-corrected chi connectivity index (χ2v) is 5.10. The van der Waals surface area contributed by atoms with E-state index >= 15 is 0 Å². The normalized spacial score (nSPS) is 9.90. The Balaban J connectivity index is 2.33. The van der Waals surface area contributed by atoms with Crippen LogP contribution in [0.25, 0.3) is 5.57 Å². The van der Waals surface area contributed by atoms with E-state index in [0.29, 0.717) is 5.11 Å². The summed E-state index contributed by atoms with van der Waals surface area (Å²) in [6.45, 7) is 4.21. The molecule has 0 unspecified atom stereocenters. The number of nitrogens with one attached hydrogen (secondary N) is 1. The van der Waals surface area contributed by atoms with Gasteiger partial charge in [-0.1, -0.05) is 55.1 Å². The number of para-hydroxylation sites is 1. The summed E-state index contributed by atoms with van der Waals surface area (Å²) in [6.07, 6.45) is 0. The molecule has 2 rings (SSSR count). The molecule has 0 bridgehead atoms. The summed E-state index contributed by atoms with van der Waals surface area (Å²) in [4.78, 5) is 1.87. The van der Waals surface area contributed by atoms with Gasteiger partial charge in [0.2, 0.25) is 0 Å². The van der Waals surface area contributed by atoms with E-state index < -0.39 is 0 Å². The fourth-order valence-electron chi connectivity index (χ4n) is 1.88. The van der Waals surface area contributed by atoms with Crippen molar-refractivity contribution in [2.45, 2.75) is 0 Å². The van der Waals surface area contributed by atoms with Gasteiger partial charge in [0.1, 0.15) is 0 Å². The van der Waals surface area contributed by atoms with Crippen LogP contribution in [0.4, 0.5) is 5.69 Å². The van der Waals surface area contributed by atoms with Crippen LogP contribution in [0.1, 0.15) is 11.1 Å². The number of nitrogens with zero attached hydrogens (tertiary/aromatic N) is 1. The lowest BCUT2D eigenvalue weighted by Gasteiger charge is -2.18. The van der Waals surface area contributed by atoms with Crippen molar-refractivity contribution < 1.29 is 0 Å². The maximum atomic E-state index is 5.31. The van der Waals surface area contributed by atoms with Crippen molar-refractivity contribution in [3.8, 4) is 0 Å². The van der Waals surface area contributed by atoms with Crippen molar-refractivity contribution in [1.29, 1.82) is 0 Å². The smallest absolute Gasteiger partial charge is 0.172 e. The Hall–Kier alpha value is -2.13. The van der Waals surface area contributed by atoms with Gasteiger partial charge < -0.3 is 10.2 Å². The van der Waals surface area contributed by atoms with E-state index in [1.165, 1.54) is 0 Å². The van der Waals surface area contributed by atoms with Gasteiger partial charge in [0, 0.05) is 25.3 Å². The molecular weight excluding hydrogens is 264 g/mol. The van der Waals surface area contributed by atoms with Crippen molar-refractivity contribution in [3.63, 3.8) is 0 Å². The Morgan fingerprint density at radius 2 is 1.60 bits per heavy atom. The Kier molecular flexibility index (Phi) is 4.53. The van der Waals surface area contributed by atoms with E-state index in [9.17, 15) is 0 Å². The van der Waals surface area contributed by atoms with Gasteiger partial charge in [-0.3, -0.25) is 0 Å². The summed E-state index contributed by atoms with van der Waals surface area (Å²) in [6, 6.07) is 18.2. The molecule has 102 valence electrons. The van der Waals surface area contributed by atoms with Crippen LogP contribution >= 0.6 is 12.2 Å². The second-order valence-electron chi connectivity index (χ2n) is 4.71. The van der Waals surface area contributed by atoms with Gasteiger partial charge in [0.05, 0.1) is 0 Å². The number of benzene rings is 2. The SMILES string of the molecule is C=C(c1ccccc1)c1ccccc1NC(=S)N(C)C. The Bertz CT molecular complexity index is 618. The molecule has 0 aliphatic carbocycles. The molecule has 0 aromatic heterocycles. The fourth-order valence-corrected chi connectivity index (χ4v) is 1.99. The van der Waals surface area contributed by atoms with Gasteiger partial charge in [-0.2, -0.15) is 0 Å². The first-order valence-electron chi connectivity index (χ1n) is 6.41. The average Bonchev–Trinajstić information content (AvgIpc) is 2.48. The molecule has 0 heterocycles. The first-order valence-corrected chi connectivity index (χ1v) is 6.82. The number of thiocarbonyl (C=S) groups is 1. The summed E-state index contributed by atoms with van der Waals surface area (Å²) >= 11 is 5.31. The molecular formula is C17H18N2S. The molecule has 0 fully saturated rings. The first kappa shape index (κ1) is 14.3. The third kappa shape index (κ3) is 3.25. The van der Waals surface area contributed by atoms with E-state index in [1.807, 2.05) is 55.4 Å². The molecule has 0 aliphatic rings. The van der Waals surface area contributed by atoms with E-state index in [0.717, 1.165) is 22.4 Å². The largest absolute Gasteiger partial charge is 0.355 e. The molecule has 0 atom stereocenters. The van der Waals surface area contributed by atoms with Crippen LogP contribution in [-0.2, 0) is 0 Å². The minimum Gasteiger partial charge on any atom is -0.355 e. The highest BCUT2D eigenvalue weighted by molar-refractivity contribution is 7.80. The molecule has 0 radical (unpaired) electrons. The van der Waals surface area contributed by atoms with Gasteiger partial charge in [-0.05, 0) is 29.4 Å². The highest BCUT2D eigenvalue weighted by Gasteiger charge is 2.09. The summed E-state index contributed by atoms with van der Waals surface area (Å²) < 4.78 is 0. The van der Waals surface area contributed by atoms with Crippen LogP contribution in [0.5, 0.6) is 0 Å². The lowest BCUT2D eigenvalue weighted by Crippen LogP contribution is -2.27. The zero-order chi connectivity index (χ0) is 14.5. The Labute approximate surface area is 125 Å². The Morgan fingerprint density at radius 3 is 2.25 bits per heavy atom. The predicted molar refractivity (Wildman–Crippen MR) is 90.9 cm³/mol. The van der Waals surface area contributed by atoms with Crippen LogP contribution in [0, 0.1) is 0 Å². The molecule has 0 spiro atoms. The molecule has 3 heteroatoms. The standard InChI is InChI=1S/C17H18N2S/c1-13(14-9-5-4-6-10-14)15-11-7-8-12-16(15)18-17(20)19(2)3/h4-12H,1H2,2-3H3,(H,18,20). The lowest BCUT2D eigenvalue weighted by atomic mass is 9.98. The molecule has 0 saturated heterocycles.